The molecule has 0 unspecified atom stereocenters. The molecule has 138 valence electrons. The molecule has 4 heterocycles. The first-order valence-corrected chi connectivity index (χ1v) is 9.33. The Morgan fingerprint density at radius 1 is 1.19 bits per heavy atom. The van der Waals surface area contributed by atoms with Crippen LogP contribution < -0.4 is 10.2 Å². The predicted molar refractivity (Wildman–Crippen MR) is 97.9 cm³/mol. The predicted octanol–water partition coefficient (Wildman–Crippen LogP) is 0.489. The Hall–Kier alpha value is -2.48. The fraction of sp³-hybridized carbons (Fsp3) is 0.556. The van der Waals surface area contributed by atoms with Crippen LogP contribution in [0.3, 0.4) is 0 Å². The third-order valence-electron chi connectivity index (χ3n) is 5.14. The Labute approximate surface area is 153 Å². The highest BCUT2D eigenvalue weighted by atomic mass is 16.2. The maximum atomic E-state index is 12.6. The first-order valence-electron chi connectivity index (χ1n) is 9.33. The van der Waals surface area contributed by atoms with Gasteiger partial charge < -0.3 is 15.1 Å². The molecule has 4 rings (SSSR count). The second-order valence-electron chi connectivity index (χ2n) is 6.90. The number of piperazine rings is 1. The van der Waals surface area contributed by atoms with Crippen molar-refractivity contribution < 1.29 is 4.79 Å². The Morgan fingerprint density at radius 3 is 2.73 bits per heavy atom. The fourth-order valence-corrected chi connectivity index (χ4v) is 3.64. The van der Waals surface area contributed by atoms with Gasteiger partial charge in [0.25, 0.3) is 0 Å². The molecule has 2 saturated heterocycles. The van der Waals surface area contributed by atoms with Gasteiger partial charge in [0, 0.05) is 57.2 Å². The average molecular weight is 355 g/mol. The van der Waals surface area contributed by atoms with E-state index in [2.05, 4.69) is 31.3 Å². The highest BCUT2D eigenvalue weighted by Crippen LogP contribution is 2.21. The summed E-state index contributed by atoms with van der Waals surface area (Å²) in [6, 6.07) is 3.86. The second-order valence-corrected chi connectivity index (χ2v) is 6.90. The van der Waals surface area contributed by atoms with Crippen molar-refractivity contribution in [3.05, 3.63) is 36.4 Å². The molecule has 2 fully saturated rings. The van der Waals surface area contributed by atoms with Gasteiger partial charge in [0.2, 0.25) is 11.9 Å². The van der Waals surface area contributed by atoms with E-state index in [1.165, 1.54) is 12.8 Å². The van der Waals surface area contributed by atoms with Crippen molar-refractivity contribution >= 4 is 11.9 Å². The van der Waals surface area contributed by atoms with E-state index >= 15 is 0 Å². The van der Waals surface area contributed by atoms with Crippen molar-refractivity contribution in [2.24, 2.45) is 0 Å². The van der Waals surface area contributed by atoms with E-state index in [4.69, 9.17) is 0 Å². The molecule has 0 spiro atoms. The number of hydrogen-bond acceptors (Lipinski definition) is 6. The third-order valence-corrected chi connectivity index (χ3v) is 5.14. The summed E-state index contributed by atoms with van der Waals surface area (Å²) in [5.41, 5.74) is 1.09. The number of hydrogen-bond donors (Lipinski definition) is 1. The van der Waals surface area contributed by atoms with Gasteiger partial charge in [-0.25, -0.2) is 9.97 Å². The summed E-state index contributed by atoms with van der Waals surface area (Å²) in [6.07, 6.45) is 7.78. The molecule has 2 aromatic heterocycles. The van der Waals surface area contributed by atoms with E-state index in [0.717, 1.165) is 37.8 Å². The number of anilines is 1. The van der Waals surface area contributed by atoms with Crippen LogP contribution in [0.25, 0.3) is 0 Å². The lowest BCUT2D eigenvalue weighted by Gasteiger charge is -2.34. The Bertz CT molecular complexity index is 718. The Balaban J connectivity index is 1.30. The van der Waals surface area contributed by atoms with Crippen molar-refractivity contribution in [3.63, 3.8) is 0 Å². The first-order chi connectivity index (χ1) is 12.8. The summed E-state index contributed by atoms with van der Waals surface area (Å²) in [5, 5.41) is 8.04. The zero-order valence-electron chi connectivity index (χ0n) is 14.9. The minimum atomic E-state index is 0.120. The largest absolute Gasteiger partial charge is 0.338 e. The quantitative estimate of drug-likeness (QED) is 0.860. The van der Waals surface area contributed by atoms with E-state index in [1.807, 2.05) is 17.2 Å². The first kappa shape index (κ1) is 17.0. The summed E-state index contributed by atoms with van der Waals surface area (Å²) >= 11 is 0. The topological polar surface area (TPSA) is 79.2 Å². The standard InChI is InChI=1S/C18H25N7O/c26-17(14-25-8-4-16(22-25)15-3-1-5-19-13-15)23-9-11-24(12-10-23)18-20-6-2-7-21-18/h2,4,6-8,15,19H,1,3,5,9-14H2/t15-/m1/s1. The number of rotatable bonds is 4. The molecule has 8 nitrogen and oxygen atoms in total. The van der Waals surface area contributed by atoms with E-state index in [1.54, 1.807) is 17.1 Å². The minimum Gasteiger partial charge on any atom is -0.338 e. The number of nitrogens with one attached hydrogen (secondary N) is 1. The molecule has 0 bridgehead atoms. The van der Waals surface area contributed by atoms with E-state index in [-0.39, 0.29) is 5.91 Å². The molecule has 0 aromatic carbocycles. The van der Waals surface area contributed by atoms with Gasteiger partial charge in [-0.2, -0.15) is 5.10 Å². The molecule has 8 heteroatoms. The molecular weight excluding hydrogens is 330 g/mol. The zero-order valence-corrected chi connectivity index (χ0v) is 14.9. The SMILES string of the molecule is O=C(Cn1ccc([C@@H]2CCCNC2)n1)N1CCN(c2ncccn2)CC1. The average Bonchev–Trinajstić information content (AvgIpc) is 3.18. The van der Waals surface area contributed by atoms with Crippen LogP contribution >= 0.6 is 0 Å². The van der Waals surface area contributed by atoms with Gasteiger partial charge in [-0.05, 0) is 31.5 Å². The van der Waals surface area contributed by atoms with Gasteiger partial charge in [-0.1, -0.05) is 0 Å². The maximum absolute atomic E-state index is 12.6. The maximum Gasteiger partial charge on any atom is 0.244 e. The smallest absolute Gasteiger partial charge is 0.244 e. The van der Waals surface area contributed by atoms with Crippen molar-refractivity contribution in [1.82, 2.24) is 30.0 Å². The molecule has 2 aliphatic heterocycles. The van der Waals surface area contributed by atoms with Gasteiger partial charge in [-0.3, -0.25) is 9.48 Å². The van der Waals surface area contributed by atoms with E-state index in [9.17, 15) is 4.79 Å². The van der Waals surface area contributed by atoms with E-state index < -0.39 is 0 Å². The molecule has 0 radical (unpaired) electrons. The molecule has 0 aliphatic carbocycles. The van der Waals surface area contributed by atoms with Crippen LogP contribution in [0.5, 0.6) is 0 Å². The van der Waals surface area contributed by atoms with Crippen molar-refractivity contribution in [2.45, 2.75) is 25.3 Å². The fourth-order valence-electron chi connectivity index (χ4n) is 3.64. The van der Waals surface area contributed by atoms with Crippen LogP contribution in [-0.2, 0) is 11.3 Å². The molecular formula is C18H25N7O. The summed E-state index contributed by atoms with van der Waals surface area (Å²) < 4.78 is 1.78. The molecule has 2 aliphatic rings. The number of carbonyl (C=O) groups excluding carboxylic acids is 1. The lowest BCUT2D eigenvalue weighted by atomic mass is 9.97. The van der Waals surface area contributed by atoms with Gasteiger partial charge in [-0.15, -0.1) is 0 Å². The summed E-state index contributed by atoms with van der Waals surface area (Å²) in [4.78, 5) is 25.2. The normalized spacial score (nSPS) is 21.0. The highest BCUT2D eigenvalue weighted by molar-refractivity contribution is 5.76. The lowest BCUT2D eigenvalue weighted by Crippen LogP contribution is -2.50. The molecule has 1 N–H and O–H groups in total. The molecule has 1 atom stereocenters. The van der Waals surface area contributed by atoms with Crippen molar-refractivity contribution in [1.29, 1.82) is 0 Å². The third kappa shape index (κ3) is 3.85. The summed E-state index contributed by atoms with van der Waals surface area (Å²) in [7, 11) is 0. The van der Waals surface area contributed by atoms with E-state index in [0.29, 0.717) is 25.6 Å². The van der Waals surface area contributed by atoms with Gasteiger partial charge >= 0.3 is 0 Å². The van der Waals surface area contributed by atoms with Crippen LogP contribution in [0.1, 0.15) is 24.5 Å². The Kier molecular flexibility index (Phi) is 5.10. The van der Waals surface area contributed by atoms with Crippen LogP contribution in [0, 0.1) is 0 Å². The van der Waals surface area contributed by atoms with Crippen LogP contribution in [0.2, 0.25) is 0 Å². The second kappa shape index (κ2) is 7.82. The number of nitrogens with zero attached hydrogens (tertiary/aromatic N) is 6. The minimum absolute atomic E-state index is 0.120. The van der Waals surface area contributed by atoms with Crippen LogP contribution in [-0.4, -0.2) is 69.8 Å². The highest BCUT2D eigenvalue weighted by Gasteiger charge is 2.23. The molecule has 26 heavy (non-hydrogen) atoms. The van der Waals surface area contributed by atoms with Gasteiger partial charge in [0.1, 0.15) is 6.54 Å². The lowest BCUT2D eigenvalue weighted by molar-refractivity contribution is -0.132. The number of piperidine rings is 1. The molecule has 2 aromatic rings. The monoisotopic (exact) mass is 355 g/mol. The Morgan fingerprint density at radius 2 is 2.00 bits per heavy atom. The molecule has 0 saturated carbocycles. The van der Waals surface area contributed by atoms with Gasteiger partial charge in [0.05, 0.1) is 5.69 Å². The number of aromatic nitrogens is 4. The number of carbonyl (C=O) groups is 1. The van der Waals surface area contributed by atoms with Crippen molar-refractivity contribution in [2.75, 3.05) is 44.2 Å². The summed E-state index contributed by atoms with van der Waals surface area (Å²) in [5.74, 6) is 1.32. The zero-order chi connectivity index (χ0) is 17.8. The van der Waals surface area contributed by atoms with Crippen LogP contribution in [0.15, 0.2) is 30.7 Å². The van der Waals surface area contributed by atoms with Crippen molar-refractivity contribution in [3.8, 4) is 0 Å². The molecule has 1 amide bonds. The summed E-state index contributed by atoms with van der Waals surface area (Å²) in [6.45, 7) is 5.28. The van der Waals surface area contributed by atoms with Crippen LogP contribution in [0.4, 0.5) is 5.95 Å². The van der Waals surface area contributed by atoms with Gasteiger partial charge in [0.15, 0.2) is 0 Å². The number of amides is 1.